The Hall–Kier alpha value is -3.42. The van der Waals surface area contributed by atoms with Gasteiger partial charge in [-0.2, -0.15) is 23.5 Å². The molecule has 2 aliphatic heterocycles. The monoisotopic (exact) mass is 511 g/mol. The summed E-state index contributed by atoms with van der Waals surface area (Å²) in [6, 6.07) is 11.0. The molecule has 10 heteroatoms. The number of carbonyl (C=O) groups excluding carboxylic acids is 1. The van der Waals surface area contributed by atoms with Crippen LogP contribution in [0, 0.1) is 17.2 Å². The summed E-state index contributed by atoms with van der Waals surface area (Å²) >= 11 is 1.33. The summed E-state index contributed by atoms with van der Waals surface area (Å²) in [6.45, 7) is 4.40. The van der Waals surface area contributed by atoms with Crippen molar-refractivity contribution in [2.45, 2.75) is 32.1 Å². The third kappa shape index (κ3) is 4.56. The van der Waals surface area contributed by atoms with Crippen molar-refractivity contribution in [2.24, 2.45) is 5.92 Å². The van der Waals surface area contributed by atoms with Crippen LogP contribution < -0.4 is 5.32 Å². The van der Waals surface area contributed by atoms with Crippen molar-refractivity contribution in [1.82, 2.24) is 20.0 Å². The lowest BCUT2D eigenvalue weighted by Gasteiger charge is -2.33. The van der Waals surface area contributed by atoms with Gasteiger partial charge in [-0.15, -0.1) is 11.3 Å². The molecule has 1 atom stereocenters. The Bertz CT molecular complexity index is 1360. The van der Waals surface area contributed by atoms with Crippen LogP contribution in [-0.2, 0) is 24.1 Å². The summed E-state index contributed by atoms with van der Waals surface area (Å²) in [4.78, 5) is 16.2. The molecule has 5 rings (SSSR count). The first kappa shape index (κ1) is 24.3. The Balaban J connectivity index is 1.58. The van der Waals surface area contributed by atoms with E-state index < -0.39 is 11.9 Å². The minimum atomic E-state index is -4.61. The minimum absolute atomic E-state index is 0.0121. The molecule has 2 aliphatic rings. The van der Waals surface area contributed by atoms with Crippen LogP contribution in [0.1, 0.15) is 39.4 Å². The first-order chi connectivity index (χ1) is 17.3. The van der Waals surface area contributed by atoms with E-state index in [-0.39, 0.29) is 17.4 Å². The summed E-state index contributed by atoms with van der Waals surface area (Å²) < 4.78 is 43.1. The second-order valence-corrected chi connectivity index (χ2v) is 10.1. The molecule has 0 spiro atoms. The smallest absolute Gasteiger partial charge is 0.333 e. The lowest BCUT2D eigenvalue weighted by molar-refractivity contribution is -0.141. The van der Waals surface area contributed by atoms with Gasteiger partial charge in [0.2, 0.25) is 5.91 Å². The van der Waals surface area contributed by atoms with Gasteiger partial charge >= 0.3 is 6.18 Å². The normalized spacial score (nSPS) is 18.2. The average Bonchev–Trinajstić information content (AvgIpc) is 3.46. The fraction of sp³-hybridized carbons (Fsp3) is 0.346. The zero-order valence-corrected chi connectivity index (χ0v) is 20.4. The lowest BCUT2D eigenvalue weighted by atomic mass is 9.83. The Morgan fingerprint density at radius 3 is 2.72 bits per heavy atom. The highest BCUT2D eigenvalue weighted by Gasteiger charge is 2.39. The molecule has 2 aromatic heterocycles. The van der Waals surface area contributed by atoms with Crippen LogP contribution in [0.2, 0.25) is 0 Å². The van der Waals surface area contributed by atoms with Crippen LogP contribution in [0.5, 0.6) is 0 Å². The van der Waals surface area contributed by atoms with E-state index in [1.165, 1.54) is 22.2 Å². The fourth-order valence-corrected chi connectivity index (χ4v) is 5.75. The summed E-state index contributed by atoms with van der Waals surface area (Å²) in [5, 5.41) is 16.5. The standard InChI is InChI=1S/C26H24F3N5OS/c1-2-34-14-22(25(32-34)26(27,28)29)19-6-4-3-5-18(19)21-13-33(24(35)8-7-16-11-31-12-16)15-23-20(21)9-17(10-30)36-23/h3-9,14,16,21,31H,2,11-13,15H2,1H3/b8-7+. The van der Waals surface area contributed by atoms with Crippen LogP contribution >= 0.6 is 11.3 Å². The van der Waals surface area contributed by atoms with Crippen molar-refractivity contribution in [3.8, 4) is 17.2 Å². The van der Waals surface area contributed by atoms with Crippen molar-refractivity contribution in [1.29, 1.82) is 5.26 Å². The van der Waals surface area contributed by atoms with Crippen LogP contribution in [0.4, 0.5) is 13.2 Å². The summed E-state index contributed by atoms with van der Waals surface area (Å²) in [5.74, 6) is -0.192. The van der Waals surface area contributed by atoms with Crippen molar-refractivity contribution in [2.75, 3.05) is 19.6 Å². The topological polar surface area (TPSA) is 74.0 Å². The number of amides is 1. The second-order valence-electron chi connectivity index (χ2n) is 8.98. The van der Waals surface area contributed by atoms with E-state index in [9.17, 15) is 23.2 Å². The summed E-state index contributed by atoms with van der Waals surface area (Å²) in [7, 11) is 0. The van der Waals surface area contributed by atoms with Crippen molar-refractivity contribution in [3.63, 3.8) is 0 Å². The number of rotatable bonds is 5. The predicted octanol–water partition coefficient (Wildman–Crippen LogP) is 4.77. The highest BCUT2D eigenvalue weighted by atomic mass is 32.1. The third-order valence-electron chi connectivity index (χ3n) is 6.68. The Labute approximate surface area is 210 Å². The number of thiophene rings is 1. The zero-order valence-electron chi connectivity index (χ0n) is 19.5. The first-order valence-corrected chi connectivity index (χ1v) is 12.5. The minimum Gasteiger partial charge on any atom is -0.333 e. The van der Waals surface area contributed by atoms with Gasteiger partial charge in [0.25, 0.3) is 0 Å². The zero-order chi connectivity index (χ0) is 25.4. The van der Waals surface area contributed by atoms with Crippen LogP contribution in [0.25, 0.3) is 11.1 Å². The third-order valence-corrected chi connectivity index (χ3v) is 7.72. The number of alkyl halides is 3. The number of fused-ring (bicyclic) bond motifs is 1. The highest BCUT2D eigenvalue weighted by molar-refractivity contribution is 7.12. The number of hydrogen-bond acceptors (Lipinski definition) is 5. The molecule has 1 saturated heterocycles. The molecular formula is C26H24F3N5OS. The number of nitrogens with zero attached hydrogens (tertiary/aromatic N) is 4. The maximum absolute atomic E-state index is 13.9. The molecule has 36 heavy (non-hydrogen) atoms. The molecule has 1 N–H and O–H groups in total. The van der Waals surface area contributed by atoms with Crippen molar-refractivity contribution >= 4 is 17.2 Å². The van der Waals surface area contributed by atoms with E-state index in [0.29, 0.717) is 41.6 Å². The molecule has 3 aromatic rings. The number of aryl methyl sites for hydroxylation is 1. The molecule has 0 saturated carbocycles. The van der Waals surface area contributed by atoms with Crippen molar-refractivity contribution in [3.05, 3.63) is 75.3 Å². The SMILES string of the molecule is CCn1cc(-c2ccccc2C2CN(C(=O)/C=C/C3CNC3)Cc3sc(C#N)cc32)c(C(F)(F)F)n1. The van der Waals surface area contributed by atoms with Gasteiger partial charge in [-0.1, -0.05) is 30.3 Å². The van der Waals surface area contributed by atoms with Gasteiger partial charge in [0.1, 0.15) is 10.9 Å². The number of nitrogens with one attached hydrogen (secondary N) is 1. The van der Waals surface area contributed by atoms with Gasteiger partial charge in [-0.25, -0.2) is 0 Å². The molecule has 4 heterocycles. The van der Waals surface area contributed by atoms with Crippen LogP contribution in [0.3, 0.4) is 0 Å². The van der Waals surface area contributed by atoms with Gasteiger partial charge in [0.15, 0.2) is 5.69 Å². The quantitative estimate of drug-likeness (QED) is 0.501. The molecule has 1 unspecified atom stereocenters. The lowest BCUT2D eigenvalue weighted by Crippen LogP contribution is -2.41. The highest BCUT2D eigenvalue weighted by Crippen LogP contribution is 2.44. The largest absolute Gasteiger partial charge is 0.435 e. The second kappa shape index (κ2) is 9.56. The van der Waals surface area contributed by atoms with Gasteiger partial charge in [-0.3, -0.25) is 9.48 Å². The number of halogens is 3. The summed E-state index contributed by atoms with van der Waals surface area (Å²) in [5.41, 5.74) is 1.07. The van der Waals surface area contributed by atoms with E-state index in [1.54, 1.807) is 48.2 Å². The Morgan fingerprint density at radius 1 is 1.28 bits per heavy atom. The number of carbonyl (C=O) groups is 1. The first-order valence-electron chi connectivity index (χ1n) is 11.7. The van der Waals surface area contributed by atoms with E-state index in [1.807, 2.05) is 6.08 Å². The number of aromatic nitrogens is 2. The van der Waals surface area contributed by atoms with E-state index >= 15 is 0 Å². The summed E-state index contributed by atoms with van der Waals surface area (Å²) in [6.07, 6.45) is 0.310. The van der Waals surface area contributed by atoms with Gasteiger partial charge < -0.3 is 10.2 Å². The Kier molecular flexibility index (Phi) is 6.45. The van der Waals surface area contributed by atoms with E-state index in [4.69, 9.17) is 0 Å². The fourth-order valence-electron chi connectivity index (χ4n) is 4.71. The molecule has 6 nitrogen and oxygen atoms in total. The van der Waals surface area contributed by atoms with E-state index in [0.717, 1.165) is 23.5 Å². The molecule has 0 bridgehead atoms. The molecule has 0 radical (unpaired) electrons. The maximum Gasteiger partial charge on any atom is 0.435 e. The molecule has 1 aromatic carbocycles. The number of benzene rings is 1. The molecule has 1 fully saturated rings. The molecular weight excluding hydrogens is 487 g/mol. The van der Waals surface area contributed by atoms with Gasteiger partial charge in [0, 0.05) is 54.7 Å². The Morgan fingerprint density at radius 2 is 2.06 bits per heavy atom. The van der Waals surface area contributed by atoms with Crippen LogP contribution in [0.15, 0.2) is 48.7 Å². The predicted molar refractivity (Wildman–Crippen MR) is 130 cm³/mol. The van der Waals surface area contributed by atoms with Crippen LogP contribution in [-0.4, -0.2) is 40.2 Å². The van der Waals surface area contributed by atoms with Gasteiger partial charge in [-0.05, 0) is 35.8 Å². The van der Waals surface area contributed by atoms with E-state index in [2.05, 4.69) is 16.5 Å². The molecule has 186 valence electrons. The average molecular weight is 512 g/mol. The number of hydrogen-bond donors (Lipinski definition) is 1. The van der Waals surface area contributed by atoms with Crippen molar-refractivity contribution < 1.29 is 18.0 Å². The molecule has 1 amide bonds. The maximum atomic E-state index is 13.9. The van der Waals surface area contributed by atoms with Gasteiger partial charge in [0.05, 0.1) is 6.54 Å². The number of nitriles is 1. The molecule has 0 aliphatic carbocycles.